The molecule has 1 aromatic heterocycles. The lowest BCUT2D eigenvalue weighted by molar-refractivity contribution is -0.137. The van der Waals surface area contributed by atoms with Crippen molar-refractivity contribution in [1.29, 1.82) is 0 Å². The molecule has 1 N–H and O–H groups in total. The van der Waals surface area contributed by atoms with E-state index in [0.717, 1.165) is 51.0 Å². The van der Waals surface area contributed by atoms with Crippen molar-refractivity contribution in [1.82, 2.24) is 14.9 Å². The van der Waals surface area contributed by atoms with Crippen LogP contribution in [0.15, 0.2) is 36.7 Å². The SMILES string of the molecule is O=C(C1CCc2ccccc2C1)N1CCC(c2ncc[nH]2)CC1. The molecule has 4 heteroatoms. The Morgan fingerprint density at radius 1 is 1.13 bits per heavy atom. The van der Waals surface area contributed by atoms with Crippen LogP contribution in [0.4, 0.5) is 0 Å². The minimum absolute atomic E-state index is 0.171. The van der Waals surface area contributed by atoms with E-state index in [1.165, 1.54) is 11.1 Å². The number of nitrogens with one attached hydrogen (secondary N) is 1. The van der Waals surface area contributed by atoms with E-state index in [0.29, 0.717) is 11.8 Å². The van der Waals surface area contributed by atoms with Gasteiger partial charge in [-0.1, -0.05) is 24.3 Å². The number of H-pyrrole nitrogens is 1. The molecular formula is C19H23N3O. The van der Waals surface area contributed by atoms with Gasteiger partial charge in [-0.15, -0.1) is 0 Å². The molecule has 4 nitrogen and oxygen atoms in total. The van der Waals surface area contributed by atoms with Crippen molar-refractivity contribution < 1.29 is 4.79 Å². The third kappa shape index (κ3) is 2.90. The summed E-state index contributed by atoms with van der Waals surface area (Å²) in [6.07, 6.45) is 8.67. The van der Waals surface area contributed by atoms with Crippen molar-refractivity contribution >= 4 is 5.91 Å². The quantitative estimate of drug-likeness (QED) is 0.927. The van der Waals surface area contributed by atoms with Crippen molar-refractivity contribution in [2.75, 3.05) is 13.1 Å². The van der Waals surface area contributed by atoms with Crippen molar-refractivity contribution in [2.45, 2.75) is 38.0 Å². The highest BCUT2D eigenvalue weighted by Crippen LogP contribution is 2.30. The lowest BCUT2D eigenvalue weighted by Gasteiger charge is -2.35. The second-order valence-electron chi connectivity index (χ2n) is 6.78. The van der Waals surface area contributed by atoms with Gasteiger partial charge in [0.1, 0.15) is 5.82 Å². The van der Waals surface area contributed by atoms with Gasteiger partial charge in [0.05, 0.1) is 0 Å². The smallest absolute Gasteiger partial charge is 0.226 e. The lowest BCUT2D eigenvalue weighted by Crippen LogP contribution is -2.42. The predicted molar refractivity (Wildman–Crippen MR) is 89.1 cm³/mol. The third-order valence-electron chi connectivity index (χ3n) is 5.41. The zero-order chi connectivity index (χ0) is 15.6. The summed E-state index contributed by atoms with van der Waals surface area (Å²) in [6.45, 7) is 1.73. The average molecular weight is 309 g/mol. The third-order valence-corrected chi connectivity index (χ3v) is 5.41. The molecule has 1 atom stereocenters. The highest BCUT2D eigenvalue weighted by molar-refractivity contribution is 5.79. The molecule has 1 unspecified atom stereocenters. The van der Waals surface area contributed by atoms with E-state index in [2.05, 4.69) is 39.1 Å². The Morgan fingerprint density at radius 2 is 1.91 bits per heavy atom. The predicted octanol–water partition coefficient (Wildman–Crippen LogP) is 2.92. The summed E-state index contributed by atoms with van der Waals surface area (Å²) in [5.41, 5.74) is 2.79. The number of likely N-dealkylation sites (tertiary alicyclic amines) is 1. The van der Waals surface area contributed by atoms with Crippen LogP contribution in [0.1, 0.15) is 42.1 Å². The fraction of sp³-hybridized carbons (Fsp3) is 0.474. The Kier molecular flexibility index (Phi) is 3.90. The minimum Gasteiger partial charge on any atom is -0.348 e. The van der Waals surface area contributed by atoms with Gasteiger partial charge in [0.25, 0.3) is 0 Å². The minimum atomic E-state index is 0.171. The number of aromatic nitrogens is 2. The van der Waals surface area contributed by atoms with Crippen molar-refractivity contribution in [3.05, 3.63) is 53.6 Å². The van der Waals surface area contributed by atoms with Crippen LogP contribution in [0.5, 0.6) is 0 Å². The molecule has 1 aliphatic heterocycles. The number of fused-ring (bicyclic) bond motifs is 1. The summed E-state index contributed by atoms with van der Waals surface area (Å²) >= 11 is 0. The van der Waals surface area contributed by atoms with Gasteiger partial charge in [-0.25, -0.2) is 4.98 Å². The summed E-state index contributed by atoms with van der Waals surface area (Å²) < 4.78 is 0. The normalized spacial score (nSPS) is 21.9. The van der Waals surface area contributed by atoms with E-state index >= 15 is 0 Å². The first-order valence-electron chi connectivity index (χ1n) is 8.66. The number of aryl methyl sites for hydroxylation is 1. The fourth-order valence-electron chi connectivity index (χ4n) is 4.04. The summed E-state index contributed by atoms with van der Waals surface area (Å²) in [4.78, 5) is 22.5. The molecule has 2 aliphatic rings. The molecule has 1 aliphatic carbocycles. The van der Waals surface area contributed by atoms with E-state index in [-0.39, 0.29) is 5.92 Å². The number of amides is 1. The second-order valence-corrected chi connectivity index (χ2v) is 6.78. The molecule has 2 aromatic rings. The number of hydrogen-bond acceptors (Lipinski definition) is 2. The first-order valence-corrected chi connectivity index (χ1v) is 8.66. The van der Waals surface area contributed by atoms with Crippen molar-refractivity contribution in [3.63, 3.8) is 0 Å². The molecule has 0 bridgehead atoms. The Labute approximate surface area is 136 Å². The zero-order valence-corrected chi connectivity index (χ0v) is 13.4. The second kappa shape index (κ2) is 6.19. The topological polar surface area (TPSA) is 49.0 Å². The van der Waals surface area contributed by atoms with E-state index in [4.69, 9.17) is 0 Å². The van der Waals surface area contributed by atoms with Gasteiger partial charge < -0.3 is 9.88 Å². The number of carbonyl (C=O) groups excluding carboxylic acids is 1. The Morgan fingerprint density at radius 3 is 2.65 bits per heavy atom. The van der Waals surface area contributed by atoms with Gasteiger partial charge in [0.15, 0.2) is 0 Å². The van der Waals surface area contributed by atoms with Crippen molar-refractivity contribution in [3.8, 4) is 0 Å². The van der Waals surface area contributed by atoms with E-state index in [9.17, 15) is 4.79 Å². The summed E-state index contributed by atoms with van der Waals surface area (Å²) in [6, 6.07) is 8.56. The summed E-state index contributed by atoms with van der Waals surface area (Å²) in [7, 11) is 0. The molecule has 0 radical (unpaired) electrons. The molecular weight excluding hydrogens is 286 g/mol. The van der Waals surface area contributed by atoms with Gasteiger partial charge in [-0.3, -0.25) is 4.79 Å². The van der Waals surface area contributed by atoms with E-state index < -0.39 is 0 Å². The molecule has 0 saturated carbocycles. The maximum atomic E-state index is 12.9. The lowest BCUT2D eigenvalue weighted by atomic mass is 9.82. The Balaban J connectivity index is 1.37. The largest absolute Gasteiger partial charge is 0.348 e. The molecule has 2 heterocycles. The van der Waals surface area contributed by atoms with E-state index in [1.54, 1.807) is 0 Å². The standard InChI is InChI=1S/C19H23N3O/c23-19(17-6-5-14-3-1-2-4-16(14)13-17)22-11-7-15(8-12-22)18-20-9-10-21-18/h1-4,9-10,15,17H,5-8,11-13H2,(H,20,21). The molecule has 1 fully saturated rings. The molecule has 23 heavy (non-hydrogen) atoms. The molecule has 120 valence electrons. The maximum Gasteiger partial charge on any atom is 0.226 e. The van der Waals surface area contributed by atoms with Crippen LogP contribution in [-0.4, -0.2) is 33.9 Å². The van der Waals surface area contributed by atoms with Crippen LogP contribution in [0.25, 0.3) is 0 Å². The monoisotopic (exact) mass is 309 g/mol. The van der Waals surface area contributed by atoms with Crippen LogP contribution < -0.4 is 0 Å². The van der Waals surface area contributed by atoms with Crippen LogP contribution in [0, 0.1) is 5.92 Å². The number of nitrogens with zero attached hydrogens (tertiary/aromatic N) is 2. The number of piperidine rings is 1. The highest BCUT2D eigenvalue weighted by Gasteiger charge is 2.31. The van der Waals surface area contributed by atoms with Gasteiger partial charge in [0, 0.05) is 37.3 Å². The fourth-order valence-corrected chi connectivity index (χ4v) is 4.04. The van der Waals surface area contributed by atoms with Crippen molar-refractivity contribution in [2.24, 2.45) is 5.92 Å². The average Bonchev–Trinajstić information content (AvgIpc) is 3.15. The van der Waals surface area contributed by atoms with Crippen LogP contribution >= 0.6 is 0 Å². The van der Waals surface area contributed by atoms with Gasteiger partial charge in [0.2, 0.25) is 5.91 Å². The summed E-state index contributed by atoms with van der Waals surface area (Å²) in [5.74, 6) is 2.08. The van der Waals surface area contributed by atoms with Crippen LogP contribution in [-0.2, 0) is 17.6 Å². The highest BCUT2D eigenvalue weighted by atomic mass is 16.2. The van der Waals surface area contributed by atoms with Gasteiger partial charge in [-0.2, -0.15) is 0 Å². The van der Waals surface area contributed by atoms with Crippen LogP contribution in [0.3, 0.4) is 0 Å². The Bertz CT molecular complexity index is 672. The number of imidazole rings is 1. The number of carbonyl (C=O) groups is 1. The number of rotatable bonds is 2. The Hall–Kier alpha value is -2.10. The molecule has 1 saturated heterocycles. The van der Waals surface area contributed by atoms with Gasteiger partial charge >= 0.3 is 0 Å². The maximum absolute atomic E-state index is 12.9. The number of hydrogen-bond donors (Lipinski definition) is 1. The van der Waals surface area contributed by atoms with E-state index in [1.807, 2.05) is 12.4 Å². The molecule has 1 aromatic carbocycles. The van der Waals surface area contributed by atoms with Crippen LogP contribution in [0.2, 0.25) is 0 Å². The first-order chi connectivity index (χ1) is 11.3. The molecule has 0 spiro atoms. The summed E-state index contributed by atoms with van der Waals surface area (Å²) in [5, 5.41) is 0. The van der Waals surface area contributed by atoms with Gasteiger partial charge in [-0.05, 0) is 43.2 Å². The number of aromatic amines is 1. The zero-order valence-electron chi connectivity index (χ0n) is 13.4. The molecule has 4 rings (SSSR count). The number of benzene rings is 1. The first kappa shape index (κ1) is 14.5. The molecule has 1 amide bonds.